The number of halogens is 2. The third kappa shape index (κ3) is 3.94. The van der Waals surface area contributed by atoms with Crippen LogP contribution >= 0.6 is 22.9 Å². The van der Waals surface area contributed by atoms with Crippen LogP contribution in [0, 0.1) is 5.82 Å². The number of benzene rings is 2. The summed E-state index contributed by atoms with van der Waals surface area (Å²) in [5.41, 5.74) is 1.84. The third-order valence-electron chi connectivity index (χ3n) is 4.23. The molecule has 0 unspecified atom stereocenters. The van der Waals surface area contributed by atoms with Gasteiger partial charge in [-0.2, -0.15) is 0 Å². The van der Waals surface area contributed by atoms with Crippen molar-refractivity contribution in [3.63, 3.8) is 0 Å². The molecule has 0 aliphatic rings. The molecule has 0 saturated heterocycles. The van der Waals surface area contributed by atoms with Gasteiger partial charge in [-0.3, -0.25) is 0 Å². The summed E-state index contributed by atoms with van der Waals surface area (Å²) in [6.45, 7) is 2.12. The van der Waals surface area contributed by atoms with E-state index in [0.29, 0.717) is 17.9 Å². The highest BCUT2D eigenvalue weighted by atomic mass is 35.5. The Hall–Kier alpha value is -2.50. The van der Waals surface area contributed by atoms with E-state index in [2.05, 4.69) is 30.4 Å². The Labute approximate surface area is 165 Å². The van der Waals surface area contributed by atoms with E-state index >= 15 is 0 Å². The van der Waals surface area contributed by atoms with Crippen LogP contribution < -0.4 is 5.32 Å². The largest absolute Gasteiger partial charge is 0.340 e. The zero-order chi connectivity index (χ0) is 18.8. The topological polar surface area (TPSA) is 37.8 Å². The van der Waals surface area contributed by atoms with Crippen LogP contribution in [0.5, 0.6) is 0 Å². The van der Waals surface area contributed by atoms with Gasteiger partial charge in [-0.1, -0.05) is 48.9 Å². The van der Waals surface area contributed by atoms with E-state index in [1.54, 1.807) is 23.5 Å². The van der Waals surface area contributed by atoms with Crippen molar-refractivity contribution < 1.29 is 4.39 Å². The molecule has 0 fully saturated rings. The fourth-order valence-corrected chi connectivity index (χ4v) is 4.02. The second-order valence-corrected chi connectivity index (χ2v) is 7.71. The molecule has 1 N–H and O–H groups in total. The highest BCUT2D eigenvalue weighted by Gasteiger charge is 2.13. The molecule has 0 atom stereocenters. The summed E-state index contributed by atoms with van der Waals surface area (Å²) >= 11 is 7.59. The maximum Gasteiger partial charge on any atom is 0.142 e. The van der Waals surface area contributed by atoms with E-state index in [0.717, 1.165) is 28.0 Å². The highest BCUT2D eigenvalue weighted by Crippen LogP contribution is 2.32. The van der Waals surface area contributed by atoms with Crippen LogP contribution in [0.15, 0.2) is 54.6 Å². The summed E-state index contributed by atoms with van der Waals surface area (Å²) in [6.07, 6.45) is 1.59. The first kappa shape index (κ1) is 17.9. The molecule has 2 aromatic carbocycles. The van der Waals surface area contributed by atoms with Crippen LogP contribution in [0.1, 0.15) is 23.2 Å². The van der Waals surface area contributed by atoms with Crippen molar-refractivity contribution in [2.24, 2.45) is 0 Å². The van der Waals surface area contributed by atoms with Gasteiger partial charge in [-0.15, -0.1) is 11.3 Å². The van der Waals surface area contributed by atoms with Gasteiger partial charge < -0.3 is 5.32 Å². The molecule has 0 radical (unpaired) electrons. The van der Waals surface area contributed by atoms with Gasteiger partial charge in [0, 0.05) is 17.0 Å². The van der Waals surface area contributed by atoms with Crippen molar-refractivity contribution >= 4 is 44.7 Å². The minimum absolute atomic E-state index is 0.0781. The molecule has 27 heavy (non-hydrogen) atoms. The molecule has 136 valence electrons. The average molecular weight is 398 g/mol. The van der Waals surface area contributed by atoms with Gasteiger partial charge in [0.1, 0.15) is 22.3 Å². The second kappa shape index (κ2) is 7.62. The first-order chi connectivity index (χ1) is 13.1. The lowest BCUT2D eigenvalue weighted by Crippen LogP contribution is -2.01. The van der Waals surface area contributed by atoms with Crippen LogP contribution in [-0.4, -0.2) is 9.97 Å². The summed E-state index contributed by atoms with van der Waals surface area (Å²) in [7, 11) is 0. The number of aromatic nitrogens is 2. The number of hydrogen-bond donors (Lipinski definition) is 1. The lowest BCUT2D eigenvalue weighted by atomic mass is 10.1. The fraction of sp³-hybridized carbons (Fsp3) is 0.143. The minimum atomic E-state index is -0.441. The van der Waals surface area contributed by atoms with E-state index in [4.69, 9.17) is 21.6 Å². The summed E-state index contributed by atoms with van der Waals surface area (Å²) in [5, 5.41) is 4.33. The monoisotopic (exact) mass is 397 g/mol. The second-order valence-electron chi connectivity index (χ2n) is 6.19. The molecule has 0 spiro atoms. The zero-order valence-corrected chi connectivity index (χ0v) is 16.2. The molecule has 0 bridgehead atoms. The standard InChI is InChI=1S/C21H17ClFN3S/c1-2-15-12-16-20(24-14-8-9-18(23)17(22)11-14)25-19(26-21(16)27-15)10-13-6-4-3-5-7-13/h3-9,11-12H,2,10H2,1H3,(H,24,25,26). The lowest BCUT2D eigenvalue weighted by molar-refractivity contribution is 0.628. The van der Waals surface area contributed by atoms with Gasteiger partial charge in [0.2, 0.25) is 0 Å². The number of aryl methyl sites for hydroxylation is 1. The number of hydrogen-bond acceptors (Lipinski definition) is 4. The highest BCUT2D eigenvalue weighted by molar-refractivity contribution is 7.18. The molecule has 4 aromatic rings. The molecule has 0 saturated carbocycles. The van der Waals surface area contributed by atoms with Gasteiger partial charge in [0.25, 0.3) is 0 Å². The van der Waals surface area contributed by atoms with Crippen LogP contribution in [0.25, 0.3) is 10.2 Å². The van der Waals surface area contributed by atoms with Crippen molar-refractivity contribution in [1.82, 2.24) is 9.97 Å². The van der Waals surface area contributed by atoms with Gasteiger partial charge in [-0.05, 0) is 36.2 Å². The fourth-order valence-electron chi connectivity index (χ4n) is 2.85. The Balaban J connectivity index is 1.76. The molecule has 2 heterocycles. The van der Waals surface area contributed by atoms with Gasteiger partial charge >= 0.3 is 0 Å². The Morgan fingerprint density at radius 1 is 1.07 bits per heavy atom. The zero-order valence-electron chi connectivity index (χ0n) is 14.7. The molecule has 0 amide bonds. The summed E-state index contributed by atoms with van der Waals surface area (Å²) in [5.74, 6) is 1.02. The Morgan fingerprint density at radius 2 is 1.89 bits per heavy atom. The number of rotatable bonds is 5. The molecule has 0 aliphatic carbocycles. The van der Waals surface area contributed by atoms with Crippen molar-refractivity contribution in [2.75, 3.05) is 5.32 Å². The van der Waals surface area contributed by atoms with E-state index < -0.39 is 5.82 Å². The average Bonchev–Trinajstić information content (AvgIpc) is 3.09. The van der Waals surface area contributed by atoms with E-state index in [-0.39, 0.29) is 5.02 Å². The maximum absolute atomic E-state index is 13.5. The number of anilines is 2. The number of fused-ring (bicyclic) bond motifs is 1. The summed E-state index contributed by atoms with van der Waals surface area (Å²) in [6, 6.07) is 16.8. The van der Waals surface area contributed by atoms with E-state index in [1.807, 2.05) is 18.2 Å². The summed E-state index contributed by atoms with van der Waals surface area (Å²) < 4.78 is 13.5. The van der Waals surface area contributed by atoms with Crippen molar-refractivity contribution in [3.05, 3.63) is 81.7 Å². The van der Waals surface area contributed by atoms with Crippen LogP contribution in [0.2, 0.25) is 5.02 Å². The molecule has 4 rings (SSSR count). The Kier molecular flexibility index (Phi) is 5.05. The Bertz CT molecular complexity index is 1100. The number of nitrogens with zero attached hydrogens (tertiary/aromatic N) is 2. The van der Waals surface area contributed by atoms with Gasteiger partial charge in [0.05, 0.1) is 10.4 Å². The first-order valence-electron chi connectivity index (χ1n) is 8.67. The smallest absolute Gasteiger partial charge is 0.142 e. The van der Waals surface area contributed by atoms with E-state index in [1.165, 1.54) is 10.9 Å². The van der Waals surface area contributed by atoms with Crippen LogP contribution in [-0.2, 0) is 12.8 Å². The van der Waals surface area contributed by atoms with Gasteiger partial charge in [-0.25, -0.2) is 14.4 Å². The normalized spacial score (nSPS) is 11.1. The minimum Gasteiger partial charge on any atom is -0.340 e. The Morgan fingerprint density at radius 3 is 2.63 bits per heavy atom. The number of nitrogens with one attached hydrogen (secondary N) is 1. The first-order valence-corrected chi connectivity index (χ1v) is 9.87. The van der Waals surface area contributed by atoms with Gasteiger partial charge in [0.15, 0.2) is 0 Å². The van der Waals surface area contributed by atoms with Crippen LogP contribution in [0.3, 0.4) is 0 Å². The van der Waals surface area contributed by atoms with Crippen molar-refractivity contribution in [2.45, 2.75) is 19.8 Å². The molecular formula is C21H17ClFN3S. The SMILES string of the molecule is CCc1cc2c(Nc3ccc(F)c(Cl)c3)nc(Cc3ccccc3)nc2s1. The lowest BCUT2D eigenvalue weighted by Gasteiger charge is -2.10. The van der Waals surface area contributed by atoms with Crippen LogP contribution in [0.4, 0.5) is 15.9 Å². The molecule has 3 nitrogen and oxygen atoms in total. The summed E-state index contributed by atoms with van der Waals surface area (Å²) in [4.78, 5) is 11.7. The quantitative estimate of drug-likeness (QED) is 0.424. The van der Waals surface area contributed by atoms with Crippen molar-refractivity contribution in [3.8, 4) is 0 Å². The molecular weight excluding hydrogens is 381 g/mol. The number of thiophene rings is 1. The third-order valence-corrected chi connectivity index (χ3v) is 5.69. The molecule has 2 aromatic heterocycles. The predicted molar refractivity (Wildman–Crippen MR) is 111 cm³/mol. The maximum atomic E-state index is 13.5. The molecule has 0 aliphatic heterocycles. The van der Waals surface area contributed by atoms with Crippen molar-refractivity contribution in [1.29, 1.82) is 0 Å². The predicted octanol–water partition coefficient (Wildman–Crippen LogP) is 6.38. The molecule has 6 heteroatoms. The van der Waals surface area contributed by atoms with E-state index in [9.17, 15) is 4.39 Å².